The van der Waals surface area contributed by atoms with Gasteiger partial charge in [0.05, 0.1) is 17.2 Å². The van der Waals surface area contributed by atoms with Crippen molar-refractivity contribution in [3.05, 3.63) is 46.2 Å². The van der Waals surface area contributed by atoms with Crippen LogP contribution in [-0.4, -0.2) is 73.5 Å². The number of nitrogens with zero attached hydrogens (tertiary/aromatic N) is 1. The van der Waals surface area contributed by atoms with E-state index >= 15 is 0 Å². The number of Topliss-reactive ketones (excluding diaryl/α,β-unsaturated/α-hetero) is 3. The van der Waals surface area contributed by atoms with E-state index in [2.05, 4.69) is 0 Å². The Bertz CT molecular complexity index is 1140. The molecule has 1 saturated carbocycles. The third kappa shape index (κ3) is 2.52. The van der Waals surface area contributed by atoms with Crippen LogP contribution in [0, 0.1) is 11.8 Å². The van der Waals surface area contributed by atoms with Gasteiger partial charge in [0.1, 0.15) is 22.8 Å². The molecule has 4 rings (SSSR count). The number of hydrogen-bond donors (Lipinski definition) is 5. The number of fused-ring (bicyclic) bond motifs is 3. The fourth-order valence-corrected chi connectivity index (χ4v) is 5.60. The molecule has 9 heteroatoms. The van der Waals surface area contributed by atoms with Gasteiger partial charge in [-0.05, 0) is 46.0 Å². The van der Waals surface area contributed by atoms with Crippen molar-refractivity contribution < 1.29 is 39.9 Å². The van der Waals surface area contributed by atoms with Gasteiger partial charge in [-0.3, -0.25) is 19.3 Å². The van der Waals surface area contributed by atoms with Crippen LogP contribution in [0.2, 0.25) is 0 Å². The molecule has 1 aromatic rings. The van der Waals surface area contributed by atoms with E-state index in [4.69, 9.17) is 0 Å². The molecule has 3 aliphatic carbocycles. The lowest BCUT2D eigenvalue weighted by Gasteiger charge is -2.53. The summed E-state index contributed by atoms with van der Waals surface area (Å²) in [5.41, 5.74) is -5.40. The number of benzene rings is 1. The molecular weight excluding hydrogens is 418 g/mol. The molecule has 32 heavy (non-hydrogen) atoms. The SMILES string of the molecule is CC(=O)C1=C(O)[C@]2(O)C(=O)C3=C(O)c4c(O)cccc4[C@@](C)(O)[C@H]3C[C@H]2[C@H](N(C)C)C1=O. The highest BCUT2D eigenvalue weighted by Crippen LogP contribution is 2.57. The Morgan fingerprint density at radius 3 is 2.31 bits per heavy atom. The summed E-state index contributed by atoms with van der Waals surface area (Å²) in [6.45, 7) is 2.47. The van der Waals surface area contributed by atoms with Gasteiger partial charge < -0.3 is 25.5 Å². The number of carbonyl (C=O) groups is 3. The summed E-state index contributed by atoms with van der Waals surface area (Å²) >= 11 is 0. The number of likely N-dealkylation sites (N-methyl/N-ethyl adjacent to an activating group) is 1. The summed E-state index contributed by atoms with van der Waals surface area (Å²) in [5, 5.41) is 55.1. The molecule has 0 heterocycles. The second kappa shape index (κ2) is 6.74. The second-order valence-corrected chi connectivity index (χ2v) is 9.15. The molecule has 0 saturated heterocycles. The van der Waals surface area contributed by atoms with Crippen LogP contribution in [0.25, 0.3) is 5.76 Å². The highest BCUT2D eigenvalue weighted by molar-refractivity contribution is 6.25. The molecule has 0 radical (unpaired) electrons. The summed E-state index contributed by atoms with van der Waals surface area (Å²) in [6.07, 6.45) is -0.159. The van der Waals surface area contributed by atoms with Crippen molar-refractivity contribution in [2.24, 2.45) is 11.8 Å². The van der Waals surface area contributed by atoms with Gasteiger partial charge in [0.2, 0.25) is 5.78 Å². The first-order chi connectivity index (χ1) is 14.8. The number of rotatable bonds is 2. The Hall–Kier alpha value is -3.01. The van der Waals surface area contributed by atoms with Crippen LogP contribution in [0.5, 0.6) is 5.75 Å². The number of carbonyl (C=O) groups excluding carboxylic acids is 3. The van der Waals surface area contributed by atoms with E-state index < -0.39 is 63.5 Å². The number of aromatic hydroxyl groups is 1. The van der Waals surface area contributed by atoms with E-state index in [1.165, 1.54) is 30.0 Å². The van der Waals surface area contributed by atoms with Crippen LogP contribution >= 0.6 is 0 Å². The van der Waals surface area contributed by atoms with Crippen molar-refractivity contribution in [2.45, 2.75) is 37.5 Å². The van der Waals surface area contributed by atoms with E-state index in [1.54, 1.807) is 14.1 Å². The summed E-state index contributed by atoms with van der Waals surface area (Å²) in [6, 6.07) is 3.14. The smallest absolute Gasteiger partial charge is 0.202 e. The average molecular weight is 443 g/mol. The quantitative estimate of drug-likeness (QED) is 0.416. The van der Waals surface area contributed by atoms with Gasteiger partial charge in [0.15, 0.2) is 17.2 Å². The second-order valence-electron chi connectivity index (χ2n) is 9.15. The molecule has 0 unspecified atom stereocenters. The minimum Gasteiger partial charge on any atom is -0.508 e. The predicted octanol–water partition coefficient (Wildman–Crippen LogP) is 0.733. The zero-order valence-electron chi connectivity index (χ0n) is 18.1. The fraction of sp³-hybridized carbons (Fsp3) is 0.435. The standard InChI is InChI=1S/C23H25NO8/c1-9(25)14-19(28)17(24(3)4)12-8-11-16(21(30)23(12,32)20(14)29)18(27)15-10(22(11,2)31)6-5-7-13(15)26/h5-7,11-12,17,26-27,29,31-32H,8H2,1-4H3/t11-,12-,17-,22+,23-/m0/s1. The van der Waals surface area contributed by atoms with Crippen molar-refractivity contribution in [1.29, 1.82) is 0 Å². The van der Waals surface area contributed by atoms with Gasteiger partial charge in [-0.15, -0.1) is 0 Å². The topological polar surface area (TPSA) is 156 Å². The molecule has 170 valence electrons. The fourth-order valence-electron chi connectivity index (χ4n) is 5.60. The lowest BCUT2D eigenvalue weighted by Crippen LogP contribution is -2.66. The lowest BCUT2D eigenvalue weighted by molar-refractivity contribution is -0.159. The minimum absolute atomic E-state index is 0.148. The van der Waals surface area contributed by atoms with E-state index in [1.807, 2.05) is 0 Å². The van der Waals surface area contributed by atoms with Gasteiger partial charge in [-0.1, -0.05) is 12.1 Å². The largest absolute Gasteiger partial charge is 0.508 e. The first-order valence-electron chi connectivity index (χ1n) is 10.2. The molecule has 0 aromatic heterocycles. The molecule has 0 aliphatic heterocycles. The number of aliphatic hydroxyl groups is 4. The number of ketones is 3. The van der Waals surface area contributed by atoms with E-state index in [0.717, 1.165) is 6.92 Å². The van der Waals surface area contributed by atoms with Gasteiger partial charge in [0, 0.05) is 17.4 Å². The van der Waals surface area contributed by atoms with Gasteiger partial charge in [-0.25, -0.2) is 0 Å². The van der Waals surface area contributed by atoms with Crippen molar-refractivity contribution in [2.75, 3.05) is 14.1 Å². The Kier molecular flexibility index (Phi) is 4.68. The van der Waals surface area contributed by atoms with Crippen LogP contribution in [0.3, 0.4) is 0 Å². The number of phenolic OH excluding ortho intramolecular Hbond substituents is 1. The van der Waals surface area contributed by atoms with Crippen molar-refractivity contribution in [3.63, 3.8) is 0 Å². The van der Waals surface area contributed by atoms with E-state index in [9.17, 15) is 39.9 Å². The molecule has 1 aromatic carbocycles. The summed E-state index contributed by atoms with van der Waals surface area (Å²) < 4.78 is 0. The van der Waals surface area contributed by atoms with Gasteiger partial charge >= 0.3 is 0 Å². The summed E-state index contributed by atoms with van der Waals surface area (Å²) in [5.74, 6) is -6.95. The van der Waals surface area contributed by atoms with Crippen molar-refractivity contribution in [3.8, 4) is 5.75 Å². The monoisotopic (exact) mass is 443 g/mol. The van der Waals surface area contributed by atoms with Gasteiger partial charge in [0.25, 0.3) is 0 Å². The predicted molar refractivity (Wildman–Crippen MR) is 112 cm³/mol. The molecule has 0 amide bonds. The van der Waals surface area contributed by atoms with Crippen LogP contribution in [0.1, 0.15) is 31.4 Å². The third-order valence-corrected chi connectivity index (χ3v) is 7.13. The zero-order valence-corrected chi connectivity index (χ0v) is 18.1. The Labute approximate surface area is 183 Å². The lowest BCUT2D eigenvalue weighted by atomic mass is 9.54. The normalized spacial score (nSPS) is 34.4. The maximum Gasteiger partial charge on any atom is 0.202 e. The molecule has 0 bridgehead atoms. The molecule has 5 atom stereocenters. The van der Waals surface area contributed by atoms with Crippen LogP contribution in [-0.2, 0) is 20.0 Å². The molecular formula is C23H25NO8. The average Bonchev–Trinajstić information content (AvgIpc) is 2.68. The Balaban J connectivity index is 2.05. The minimum atomic E-state index is -2.67. The first-order valence-corrected chi connectivity index (χ1v) is 10.2. The molecule has 1 fully saturated rings. The van der Waals surface area contributed by atoms with Crippen LogP contribution in [0.4, 0.5) is 0 Å². The van der Waals surface area contributed by atoms with Crippen LogP contribution in [0.15, 0.2) is 35.1 Å². The zero-order chi connectivity index (χ0) is 23.9. The number of aliphatic hydroxyl groups excluding tert-OH is 2. The van der Waals surface area contributed by atoms with E-state index in [0.29, 0.717) is 0 Å². The number of phenols is 1. The summed E-state index contributed by atoms with van der Waals surface area (Å²) in [7, 11) is 3.09. The highest BCUT2D eigenvalue weighted by Gasteiger charge is 2.66. The summed E-state index contributed by atoms with van der Waals surface area (Å²) in [4.78, 5) is 40.4. The Morgan fingerprint density at radius 2 is 1.75 bits per heavy atom. The maximum atomic E-state index is 13.7. The van der Waals surface area contributed by atoms with Crippen molar-refractivity contribution in [1.82, 2.24) is 4.90 Å². The van der Waals surface area contributed by atoms with Crippen LogP contribution < -0.4 is 0 Å². The maximum absolute atomic E-state index is 13.7. The van der Waals surface area contributed by atoms with Crippen molar-refractivity contribution >= 4 is 23.1 Å². The Morgan fingerprint density at radius 1 is 1.12 bits per heavy atom. The molecule has 0 spiro atoms. The van der Waals surface area contributed by atoms with Gasteiger partial charge in [-0.2, -0.15) is 0 Å². The molecule has 9 nitrogen and oxygen atoms in total. The molecule has 3 aliphatic rings. The highest BCUT2D eigenvalue weighted by atomic mass is 16.3. The number of hydrogen-bond acceptors (Lipinski definition) is 9. The first kappa shape index (κ1) is 22.2. The third-order valence-electron chi connectivity index (χ3n) is 7.13. The van der Waals surface area contributed by atoms with E-state index in [-0.39, 0.29) is 28.9 Å². The molecule has 5 N–H and O–H groups in total.